The van der Waals surface area contributed by atoms with E-state index in [2.05, 4.69) is 10.3 Å². The van der Waals surface area contributed by atoms with Gasteiger partial charge in [-0.2, -0.15) is 0 Å². The van der Waals surface area contributed by atoms with Gasteiger partial charge in [0, 0.05) is 12.2 Å². The van der Waals surface area contributed by atoms with Crippen LogP contribution in [0.1, 0.15) is 67.9 Å². The molecule has 1 aromatic heterocycles. The molecule has 1 N–H and O–H groups in total. The van der Waals surface area contributed by atoms with Gasteiger partial charge in [-0.3, -0.25) is 9.59 Å². The molecule has 1 saturated heterocycles. The Kier molecular flexibility index (Phi) is 5.68. The van der Waals surface area contributed by atoms with Crippen LogP contribution in [0, 0.1) is 11.8 Å². The number of ether oxygens (including phenoxy) is 1. The molecule has 0 aromatic carbocycles. The molecule has 4 rings (SSSR count). The van der Waals surface area contributed by atoms with Crippen LogP contribution in [0.5, 0.6) is 5.75 Å². The number of amides is 2. The van der Waals surface area contributed by atoms with E-state index >= 15 is 0 Å². The summed E-state index contributed by atoms with van der Waals surface area (Å²) in [6, 6.07) is 1.44. The Morgan fingerprint density at radius 3 is 2.57 bits per heavy atom. The Morgan fingerprint density at radius 1 is 1.30 bits per heavy atom. The monoisotopic (exact) mass is 421 g/mol. The number of likely N-dealkylation sites (tertiary alicyclic amines) is 1. The van der Waals surface area contributed by atoms with E-state index in [-0.39, 0.29) is 11.6 Å². The zero-order valence-corrected chi connectivity index (χ0v) is 17.5. The molecule has 3 aliphatic rings. The quantitative estimate of drug-likeness (QED) is 0.664. The molecule has 1 aliphatic heterocycles. The second kappa shape index (κ2) is 8.12. The Balaban J connectivity index is 1.43. The van der Waals surface area contributed by atoms with Crippen molar-refractivity contribution in [3.8, 4) is 5.75 Å². The first kappa shape index (κ1) is 21.0. The fourth-order valence-corrected chi connectivity index (χ4v) is 3.82. The smallest absolute Gasteiger partial charge is 0.282 e. The first-order valence-electron chi connectivity index (χ1n) is 10.9. The molecule has 2 saturated carbocycles. The Bertz CT molecular complexity index is 816. The molecule has 2 aliphatic carbocycles. The third-order valence-electron chi connectivity index (χ3n) is 6.21. The summed E-state index contributed by atoms with van der Waals surface area (Å²) in [5.74, 6) is -2.65. The van der Waals surface area contributed by atoms with Gasteiger partial charge in [0.15, 0.2) is 11.4 Å². The van der Waals surface area contributed by atoms with Crippen LogP contribution < -0.4 is 10.1 Å². The van der Waals surface area contributed by atoms with Crippen LogP contribution in [0.15, 0.2) is 12.3 Å². The number of nitrogens with zero attached hydrogens (tertiary/aromatic N) is 2. The van der Waals surface area contributed by atoms with Crippen molar-refractivity contribution in [1.82, 2.24) is 15.2 Å². The molecule has 8 heteroatoms. The predicted octanol–water partition coefficient (Wildman–Crippen LogP) is 3.37. The van der Waals surface area contributed by atoms with E-state index in [1.54, 1.807) is 13.1 Å². The summed E-state index contributed by atoms with van der Waals surface area (Å²) < 4.78 is 32.2. The average Bonchev–Trinajstić information content (AvgIpc) is 3.60. The molecule has 2 heterocycles. The Labute approximate surface area is 175 Å². The molecule has 30 heavy (non-hydrogen) atoms. The van der Waals surface area contributed by atoms with E-state index in [4.69, 9.17) is 4.74 Å². The first-order chi connectivity index (χ1) is 14.3. The molecule has 0 radical (unpaired) electrons. The van der Waals surface area contributed by atoms with Gasteiger partial charge in [0.2, 0.25) is 5.91 Å². The van der Waals surface area contributed by atoms with Crippen LogP contribution in [-0.4, -0.2) is 53.4 Å². The maximum atomic E-state index is 13.1. The number of carbonyl (C=O) groups excluding carboxylic acids is 2. The van der Waals surface area contributed by atoms with Crippen molar-refractivity contribution < 1.29 is 23.1 Å². The highest BCUT2D eigenvalue weighted by molar-refractivity contribution is 5.95. The minimum Gasteiger partial charge on any atom is -0.491 e. The fraction of sp³-hybridized carbons (Fsp3) is 0.682. The van der Waals surface area contributed by atoms with Crippen molar-refractivity contribution >= 4 is 11.8 Å². The SMILES string of the molecule is CCC(NC(=O)c1ncc(C2CC2)cc1OCC1CC1)C(C)C(=O)N1CC(F)(F)C1. The van der Waals surface area contributed by atoms with E-state index in [0.29, 0.717) is 30.6 Å². The van der Waals surface area contributed by atoms with Gasteiger partial charge in [-0.15, -0.1) is 0 Å². The zero-order valence-electron chi connectivity index (χ0n) is 17.5. The number of carbonyl (C=O) groups is 2. The minimum atomic E-state index is -2.80. The van der Waals surface area contributed by atoms with Crippen molar-refractivity contribution in [1.29, 1.82) is 0 Å². The molecule has 164 valence electrons. The molecule has 0 spiro atoms. The lowest BCUT2D eigenvalue weighted by atomic mass is 9.95. The number of nitrogens with one attached hydrogen (secondary N) is 1. The molecule has 2 amide bonds. The number of alkyl halides is 2. The van der Waals surface area contributed by atoms with E-state index < -0.39 is 36.9 Å². The van der Waals surface area contributed by atoms with E-state index in [1.165, 1.54) is 0 Å². The van der Waals surface area contributed by atoms with Crippen LogP contribution >= 0.6 is 0 Å². The van der Waals surface area contributed by atoms with E-state index in [9.17, 15) is 18.4 Å². The zero-order chi connectivity index (χ0) is 21.5. The van der Waals surface area contributed by atoms with Crippen LogP contribution in [0.4, 0.5) is 8.78 Å². The normalized spacial score (nSPS) is 22.1. The van der Waals surface area contributed by atoms with Gasteiger partial charge in [-0.05, 0) is 55.6 Å². The van der Waals surface area contributed by atoms with E-state index in [1.807, 2.05) is 13.0 Å². The maximum Gasteiger partial charge on any atom is 0.282 e. The summed E-state index contributed by atoms with van der Waals surface area (Å²) in [4.78, 5) is 31.0. The average molecular weight is 421 g/mol. The summed E-state index contributed by atoms with van der Waals surface area (Å²) in [5, 5.41) is 2.88. The number of rotatable bonds is 9. The highest BCUT2D eigenvalue weighted by atomic mass is 19.3. The topological polar surface area (TPSA) is 71.5 Å². The second-order valence-corrected chi connectivity index (χ2v) is 8.97. The van der Waals surface area contributed by atoms with Gasteiger partial charge in [0.05, 0.1) is 25.6 Å². The van der Waals surface area contributed by atoms with Crippen molar-refractivity contribution in [2.75, 3.05) is 19.7 Å². The molecule has 3 fully saturated rings. The number of halogens is 2. The molecule has 0 bridgehead atoms. The lowest BCUT2D eigenvalue weighted by Crippen LogP contribution is -2.61. The van der Waals surface area contributed by atoms with Crippen LogP contribution in [0.3, 0.4) is 0 Å². The summed E-state index contributed by atoms with van der Waals surface area (Å²) in [6.45, 7) is 2.99. The van der Waals surface area contributed by atoms with Crippen LogP contribution in [0.2, 0.25) is 0 Å². The third-order valence-corrected chi connectivity index (χ3v) is 6.21. The van der Waals surface area contributed by atoms with E-state index in [0.717, 1.165) is 36.1 Å². The summed E-state index contributed by atoms with van der Waals surface area (Å²) >= 11 is 0. The van der Waals surface area contributed by atoms with Gasteiger partial charge in [-0.1, -0.05) is 13.8 Å². The second-order valence-electron chi connectivity index (χ2n) is 8.97. The molecule has 2 atom stereocenters. The Morgan fingerprint density at radius 2 is 2.00 bits per heavy atom. The maximum absolute atomic E-state index is 13.1. The number of hydrogen-bond donors (Lipinski definition) is 1. The molecular weight excluding hydrogens is 392 g/mol. The molecule has 2 unspecified atom stereocenters. The Hall–Kier alpha value is -2.25. The van der Waals surface area contributed by atoms with Crippen molar-refractivity contribution in [2.45, 2.75) is 63.8 Å². The summed E-state index contributed by atoms with van der Waals surface area (Å²) in [7, 11) is 0. The molecule has 6 nitrogen and oxygen atoms in total. The van der Waals surface area contributed by atoms with Crippen LogP contribution in [-0.2, 0) is 4.79 Å². The van der Waals surface area contributed by atoms with Crippen molar-refractivity contribution in [3.05, 3.63) is 23.5 Å². The van der Waals surface area contributed by atoms with Gasteiger partial charge in [0.25, 0.3) is 11.8 Å². The number of pyridine rings is 1. The highest BCUT2D eigenvalue weighted by Crippen LogP contribution is 2.41. The largest absolute Gasteiger partial charge is 0.491 e. The van der Waals surface area contributed by atoms with Gasteiger partial charge < -0.3 is 15.0 Å². The summed E-state index contributed by atoms with van der Waals surface area (Å²) in [5.41, 5.74) is 1.31. The lowest BCUT2D eigenvalue weighted by molar-refractivity contribution is -0.169. The standard InChI is InChI=1S/C22H29F2N3O3/c1-3-17(13(2)21(29)27-11-22(23,24)12-27)26-20(28)19-18(30-10-14-4-5-14)8-16(9-25-19)15-6-7-15/h8-9,13-15,17H,3-7,10-12H2,1-2H3,(H,26,28). The van der Waals surface area contributed by atoms with Gasteiger partial charge in [0.1, 0.15) is 0 Å². The van der Waals surface area contributed by atoms with Crippen LogP contribution in [0.25, 0.3) is 0 Å². The molecule has 1 aromatic rings. The predicted molar refractivity (Wildman–Crippen MR) is 107 cm³/mol. The van der Waals surface area contributed by atoms with Gasteiger partial charge >= 0.3 is 0 Å². The summed E-state index contributed by atoms with van der Waals surface area (Å²) in [6.07, 6.45) is 6.77. The number of aromatic nitrogens is 1. The fourth-order valence-electron chi connectivity index (χ4n) is 3.82. The minimum absolute atomic E-state index is 0.216. The highest BCUT2D eigenvalue weighted by Gasteiger charge is 2.47. The van der Waals surface area contributed by atoms with Crippen molar-refractivity contribution in [3.63, 3.8) is 0 Å². The lowest BCUT2D eigenvalue weighted by Gasteiger charge is -2.41. The van der Waals surface area contributed by atoms with Crippen molar-refractivity contribution in [2.24, 2.45) is 11.8 Å². The van der Waals surface area contributed by atoms with Gasteiger partial charge in [-0.25, -0.2) is 13.8 Å². The molecular formula is C22H29F2N3O3. The number of hydrogen-bond acceptors (Lipinski definition) is 4. The first-order valence-corrected chi connectivity index (χ1v) is 10.9. The third kappa shape index (κ3) is 4.73.